The zero-order valence-electron chi connectivity index (χ0n) is 15.6. The second-order valence-electron chi connectivity index (χ2n) is 6.60. The molecule has 3 aromatic heterocycles. The maximum Gasteiger partial charge on any atom is 0.192 e. The number of hydrogen-bond acceptors (Lipinski definition) is 5. The molecule has 7 heteroatoms. The summed E-state index contributed by atoms with van der Waals surface area (Å²) in [5, 5.41) is 9.81. The molecule has 0 radical (unpaired) electrons. The fraction of sp³-hybridized carbons (Fsp3) is 0.0909. The van der Waals surface area contributed by atoms with Gasteiger partial charge in [-0.1, -0.05) is 54.2 Å². The van der Waals surface area contributed by atoms with E-state index in [1.807, 2.05) is 54.6 Å². The Kier molecular flexibility index (Phi) is 4.80. The second-order valence-corrected chi connectivity index (χ2v) is 7.55. The highest BCUT2D eigenvalue weighted by Gasteiger charge is 2.15. The monoisotopic (exact) mass is 398 g/mol. The van der Waals surface area contributed by atoms with E-state index in [9.17, 15) is 0 Å². The molecule has 0 fully saturated rings. The highest BCUT2D eigenvalue weighted by Crippen LogP contribution is 2.27. The first-order valence-electron chi connectivity index (χ1n) is 9.31. The van der Waals surface area contributed by atoms with Crippen molar-refractivity contribution in [2.45, 2.75) is 17.5 Å². The molecule has 29 heavy (non-hydrogen) atoms. The van der Waals surface area contributed by atoms with E-state index in [0.29, 0.717) is 12.3 Å². The molecule has 0 saturated carbocycles. The minimum atomic E-state index is 0.692. The van der Waals surface area contributed by atoms with Crippen molar-refractivity contribution in [3.63, 3.8) is 0 Å². The van der Waals surface area contributed by atoms with Gasteiger partial charge < -0.3 is 4.98 Å². The number of hydrogen-bond donors (Lipinski definition) is 1. The van der Waals surface area contributed by atoms with Gasteiger partial charge in [0.05, 0.1) is 23.3 Å². The molecule has 142 valence electrons. The predicted octanol–water partition coefficient (Wildman–Crippen LogP) is 4.56. The molecule has 0 aliphatic heterocycles. The number of aromatic amines is 1. The van der Waals surface area contributed by atoms with Crippen LogP contribution in [-0.4, -0.2) is 29.7 Å². The number of benzene rings is 2. The van der Waals surface area contributed by atoms with Gasteiger partial charge in [-0.05, 0) is 29.8 Å². The van der Waals surface area contributed by atoms with Gasteiger partial charge in [0.15, 0.2) is 11.0 Å². The average molecular weight is 398 g/mol. The van der Waals surface area contributed by atoms with E-state index in [-0.39, 0.29) is 0 Å². The Labute approximate surface area is 172 Å². The summed E-state index contributed by atoms with van der Waals surface area (Å²) < 4.78 is 2.15. The number of fused-ring (bicyclic) bond motifs is 1. The lowest BCUT2D eigenvalue weighted by Gasteiger charge is -2.10. The molecule has 0 unspecified atom stereocenters. The number of imidazole rings is 1. The van der Waals surface area contributed by atoms with Crippen molar-refractivity contribution in [2.24, 2.45) is 0 Å². The number of nitrogens with one attached hydrogen (secondary N) is 1. The van der Waals surface area contributed by atoms with Crippen LogP contribution in [0.25, 0.3) is 22.4 Å². The van der Waals surface area contributed by atoms with E-state index in [2.05, 4.69) is 41.8 Å². The molecule has 1 N–H and O–H groups in total. The van der Waals surface area contributed by atoms with Crippen LogP contribution in [0.4, 0.5) is 0 Å². The largest absolute Gasteiger partial charge is 0.341 e. The molecule has 0 amide bonds. The van der Waals surface area contributed by atoms with E-state index in [1.54, 1.807) is 24.2 Å². The third-order valence-electron chi connectivity index (χ3n) is 4.62. The van der Waals surface area contributed by atoms with Crippen LogP contribution in [-0.2, 0) is 12.3 Å². The first-order valence-corrected chi connectivity index (χ1v) is 10.3. The Hall–Kier alpha value is -3.45. The third-order valence-corrected chi connectivity index (χ3v) is 5.59. The van der Waals surface area contributed by atoms with E-state index < -0.39 is 0 Å². The minimum Gasteiger partial charge on any atom is -0.341 e. The topological polar surface area (TPSA) is 72.3 Å². The van der Waals surface area contributed by atoms with Gasteiger partial charge in [-0.2, -0.15) is 0 Å². The van der Waals surface area contributed by atoms with Gasteiger partial charge in [-0.3, -0.25) is 9.55 Å². The fourth-order valence-electron chi connectivity index (χ4n) is 3.23. The molecule has 5 aromatic rings. The first-order chi connectivity index (χ1) is 14.4. The summed E-state index contributed by atoms with van der Waals surface area (Å²) in [6.07, 6.45) is 3.55. The van der Waals surface area contributed by atoms with Crippen LogP contribution in [0.15, 0.2) is 84.3 Å². The summed E-state index contributed by atoms with van der Waals surface area (Å²) in [4.78, 5) is 12.2. The maximum absolute atomic E-state index is 4.66. The summed E-state index contributed by atoms with van der Waals surface area (Å²) >= 11 is 1.63. The van der Waals surface area contributed by atoms with E-state index >= 15 is 0 Å². The smallest absolute Gasteiger partial charge is 0.192 e. The van der Waals surface area contributed by atoms with Gasteiger partial charge in [0.2, 0.25) is 0 Å². The average Bonchev–Trinajstić information content (AvgIpc) is 3.37. The zero-order valence-corrected chi connectivity index (χ0v) is 16.4. The quantitative estimate of drug-likeness (QED) is 0.425. The molecule has 0 aliphatic rings. The van der Waals surface area contributed by atoms with Crippen LogP contribution in [0.1, 0.15) is 11.4 Å². The van der Waals surface area contributed by atoms with Crippen molar-refractivity contribution in [3.8, 4) is 11.4 Å². The summed E-state index contributed by atoms with van der Waals surface area (Å²) in [6.45, 7) is 0.702. The normalized spacial score (nSPS) is 11.2. The molecule has 6 nitrogen and oxygen atoms in total. The van der Waals surface area contributed by atoms with Crippen LogP contribution in [0.5, 0.6) is 0 Å². The molecule has 0 saturated heterocycles. The van der Waals surface area contributed by atoms with Crippen molar-refractivity contribution >= 4 is 22.8 Å². The molecule has 0 atom stereocenters. The van der Waals surface area contributed by atoms with Crippen molar-refractivity contribution in [2.75, 3.05) is 0 Å². The molecule has 0 spiro atoms. The lowest BCUT2D eigenvalue weighted by Crippen LogP contribution is -2.04. The van der Waals surface area contributed by atoms with Gasteiger partial charge in [0, 0.05) is 18.0 Å². The van der Waals surface area contributed by atoms with Gasteiger partial charge in [0.25, 0.3) is 0 Å². The predicted molar refractivity (Wildman–Crippen MR) is 114 cm³/mol. The Bertz CT molecular complexity index is 1200. The van der Waals surface area contributed by atoms with Crippen LogP contribution < -0.4 is 0 Å². The summed E-state index contributed by atoms with van der Waals surface area (Å²) in [6, 6.07) is 22.3. The lowest BCUT2D eigenvalue weighted by atomic mass is 10.2. The molecule has 5 rings (SSSR count). The van der Waals surface area contributed by atoms with Gasteiger partial charge >= 0.3 is 0 Å². The Balaban J connectivity index is 1.46. The minimum absolute atomic E-state index is 0.692. The Morgan fingerprint density at radius 2 is 1.66 bits per heavy atom. The van der Waals surface area contributed by atoms with Crippen molar-refractivity contribution in [1.29, 1.82) is 0 Å². The van der Waals surface area contributed by atoms with Crippen molar-refractivity contribution in [3.05, 3.63) is 90.5 Å². The fourth-order valence-corrected chi connectivity index (χ4v) is 4.03. The number of para-hydroxylation sites is 2. The van der Waals surface area contributed by atoms with Crippen LogP contribution in [0.2, 0.25) is 0 Å². The lowest BCUT2D eigenvalue weighted by molar-refractivity contribution is 0.714. The summed E-state index contributed by atoms with van der Waals surface area (Å²) in [5.74, 6) is 2.46. The molecule has 0 bridgehead atoms. The number of nitrogens with zero attached hydrogens (tertiary/aromatic N) is 5. The summed E-state index contributed by atoms with van der Waals surface area (Å²) in [5.41, 5.74) is 4.23. The number of H-pyrrole nitrogens is 1. The molecular formula is C22H18N6S. The third kappa shape index (κ3) is 3.77. The summed E-state index contributed by atoms with van der Waals surface area (Å²) in [7, 11) is 0. The Morgan fingerprint density at radius 1 is 0.862 bits per heavy atom. The van der Waals surface area contributed by atoms with Crippen LogP contribution in [0.3, 0.4) is 0 Å². The zero-order chi connectivity index (χ0) is 19.5. The molecule has 3 heterocycles. The van der Waals surface area contributed by atoms with Crippen molar-refractivity contribution in [1.82, 2.24) is 29.7 Å². The highest BCUT2D eigenvalue weighted by atomic mass is 32.2. The van der Waals surface area contributed by atoms with Gasteiger partial charge in [-0.15, -0.1) is 10.2 Å². The molecular weight excluding hydrogens is 380 g/mol. The second kappa shape index (κ2) is 7.89. The number of aromatic nitrogens is 6. The van der Waals surface area contributed by atoms with Gasteiger partial charge in [0.1, 0.15) is 5.82 Å². The molecule has 0 aliphatic carbocycles. The SMILES string of the molecule is c1ccc(Cn2c(SCc3nc4ccccc4[nH]3)nnc2-c2ccncc2)cc1. The maximum atomic E-state index is 4.66. The van der Waals surface area contributed by atoms with Crippen LogP contribution in [0, 0.1) is 0 Å². The highest BCUT2D eigenvalue weighted by molar-refractivity contribution is 7.98. The molecule has 2 aromatic carbocycles. The Morgan fingerprint density at radius 3 is 2.48 bits per heavy atom. The number of rotatable bonds is 6. The van der Waals surface area contributed by atoms with E-state index in [1.165, 1.54) is 5.56 Å². The number of thioether (sulfide) groups is 1. The van der Waals surface area contributed by atoms with Crippen molar-refractivity contribution < 1.29 is 0 Å². The number of pyridine rings is 1. The van der Waals surface area contributed by atoms with E-state index in [4.69, 9.17) is 0 Å². The van der Waals surface area contributed by atoms with E-state index in [0.717, 1.165) is 33.4 Å². The first kappa shape index (κ1) is 17.6. The standard InChI is InChI=1S/C22H18N6S/c1-2-6-16(7-3-1)14-28-21(17-10-12-23-13-11-17)26-27-22(28)29-15-20-24-18-8-4-5-9-19(18)25-20/h1-13H,14-15H2,(H,24,25). The van der Waals surface area contributed by atoms with Crippen LogP contribution >= 0.6 is 11.8 Å². The van der Waals surface area contributed by atoms with Gasteiger partial charge in [-0.25, -0.2) is 4.98 Å².